The summed E-state index contributed by atoms with van der Waals surface area (Å²) >= 11 is 0. The van der Waals surface area contributed by atoms with Gasteiger partial charge in [0.25, 0.3) is 0 Å². The van der Waals surface area contributed by atoms with E-state index in [-0.39, 0.29) is 12.2 Å². The van der Waals surface area contributed by atoms with E-state index >= 15 is 0 Å². The Bertz CT molecular complexity index is 671. The summed E-state index contributed by atoms with van der Waals surface area (Å²) in [5, 5.41) is 0. The number of hydrogen-bond donors (Lipinski definition) is 0. The zero-order valence-electron chi connectivity index (χ0n) is 13.6. The summed E-state index contributed by atoms with van der Waals surface area (Å²) in [7, 11) is 0. The molecule has 0 saturated carbocycles. The average molecular weight is 310 g/mol. The monoisotopic (exact) mass is 310 g/mol. The van der Waals surface area contributed by atoms with Gasteiger partial charge in [-0.2, -0.15) is 0 Å². The first-order valence-electron chi connectivity index (χ1n) is 8.19. The molecule has 0 radical (unpaired) electrons. The van der Waals surface area contributed by atoms with Crippen LogP contribution in [0.4, 0.5) is 5.82 Å². The van der Waals surface area contributed by atoms with Crippen molar-refractivity contribution in [1.82, 2.24) is 4.98 Å². The van der Waals surface area contributed by atoms with Crippen LogP contribution in [0.25, 0.3) is 0 Å². The van der Waals surface area contributed by atoms with Crippen molar-refractivity contribution in [2.24, 2.45) is 0 Å². The molecule has 1 aromatic heterocycles. The fourth-order valence-corrected chi connectivity index (χ4v) is 3.46. The Hall–Kier alpha value is -1.91. The maximum Gasteiger partial charge on any atom is 0.163 e. The second-order valence-corrected chi connectivity index (χ2v) is 6.77. The molecule has 4 rings (SSSR count). The van der Waals surface area contributed by atoms with Gasteiger partial charge in [0.2, 0.25) is 0 Å². The molecule has 0 aliphatic carbocycles. The summed E-state index contributed by atoms with van der Waals surface area (Å²) in [6.07, 6.45) is 1.14. The van der Waals surface area contributed by atoms with E-state index in [4.69, 9.17) is 14.5 Å². The molecule has 3 heterocycles. The molecule has 2 aliphatic heterocycles. The van der Waals surface area contributed by atoms with Crippen LogP contribution in [-0.2, 0) is 15.9 Å². The van der Waals surface area contributed by atoms with Crippen LogP contribution >= 0.6 is 0 Å². The maximum absolute atomic E-state index is 5.96. The number of aromatic nitrogens is 1. The highest BCUT2D eigenvalue weighted by molar-refractivity contribution is 5.42. The van der Waals surface area contributed by atoms with Gasteiger partial charge in [0.15, 0.2) is 5.79 Å². The summed E-state index contributed by atoms with van der Waals surface area (Å²) in [5.41, 5.74) is 2.37. The lowest BCUT2D eigenvalue weighted by Gasteiger charge is -2.23. The number of ether oxygens (including phenoxy) is 2. The van der Waals surface area contributed by atoms with Gasteiger partial charge >= 0.3 is 0 Å². The first-order valence-corrected chi connectivity index (χ1v) is 8.19. The summed E-state index contributed by atoms with van der Waals surface area (Å²) in [5.74, 6) is 0.558. The van der Waals surface area contributed by atoms with Crippen LogP contribution in [-0.4, -0.2) is 36.1 Å². The van der Waals surface area contributed by atoms with Crippen LogP contribution in [0, 0.1) is 0 Å². The highest BCUT2D eigenvalue weighted by atomic mass is 16.8. The van der Waals surface area contributed by atoms with Gasteiger partial charge in [-0.25, -0.2) is 4.98 Å². The molecule has 2 aliphatic rings. The fourth-order valence-electron chi connectivity index (χ4n) is 3.46. The van der Waals surface area contributed by atoms with Gasteiger partial charge in [-0.3, -0.25) is 0 Å². The van der Waals surface area contributed by atoms with E-state index in [1.165, 1.54) is 5.56 Å². The highest BCUT2D eigenvalue weighted by Gasteiger charge is 2.47. The number of nitrogens with zero attached hydrogens (tertiary/aromatic N) is 2. The quantitative estimate of drug-likeness (QED) is 0.873. The largest absolute Gasteiger partial charge is 0.351 e. The van der Waals surface area contributed by atoms with Crippen molar-refractivity contribution in [1.29, 1.82) is 0 Å². The summed E-state index contributed by atoms with van der Waals surface area (Å²) in [4.78, 5) is 7.09. The molecule has 1 aromatic carbocycles. The Labute approximate surface area is 137 Å². The van der Waals surface area contributed by atoms with E-state index in [9.17, 15) is 0 Å². The lowest BCUT2D eigenvalue weighted by molar-refractivity contribution is -0.147. The Balaban J connectivity index is 1.48. The maximum atomic E-state index is 5.96. The van der Waals surface area contributed by atoms with Crippen molar-refractivity contribution < 1.29 is 9.47 Å². The number of hydrogen-bond acceptors (Lipinski definition) is 4. The molecule has 0 N–H and O–H groups in total. The lowest BCUT2D eigenvalue weighted by Crippen LogP contribution is -2.30. The van der Waals surface area contributed by atoms with E-state index in [0.717, 1.165) is 31.0 Å². The van der Waals surface area contributed by atoms with Crippen LogP contribution in [0.5, 0.6) is 0 Å². The zero-order chi connectivity index (χ0) is 15.9. The highest BCUT2D eigenvalue weighted by Crippen LogP contribution is 2.34. The first kappa shape index (κ1) is 14.7. The van der Waals surface area contributed by atoms with E-state index in [1.807, 2.05) is 19.9 Å². The van der Waals surface area contributed by atoms with Gasteiger partial charge < -0.3 is 14.4 Å². The third-order valence-corrected chi connectivity index (χ3v) is 4.43. The van der Waals surface area contributed by atoms with Crippen molar-refractivity contribution in [3.63, 3.8) is 0 Å². The van der Waals surface area contributed by atoms with Crippen LogP contribution in [0.15, 0.2) is 48.5 Å². The van der Waals surface area contributed by atoms with Crippen LogP contribution in [0.3, 0.4) is 0 Å². The predicted molar refractivity (Wildman–Crippen MR) is 89.5 cm³/mol. The second kappa shape index (κ2) is 5.62. The van der Waals surface area contributed by atoms with E-state index < -0.39 is 5.79 Å². The molecule has 2 saturated heterocycles. The smallest absolute Gasteiger partial charge is 0.163 e. The average Bonchev–Trinajstić information content (AvgIpc) is 3.02. The van der Waals surface area contributed by atoms with Crippen molar-refractivity contribution in [3.05, 3.63) is 59.8 Å². The Kier molecular flexibility index (Phi) is 3.58. The van der Waals surface area contributed by atoms with Gasteiger partial charge in [0.05, 0.1) is 0 Å². The minimum absolute atomic E-state index is 0.143. The Morgan fingerprint density at radius 3 is 2.39 bits per heavy atom. The van der Waals surface area contributed by atoms with E-state index in [1.54, 1.807) is 0 Å². The van der Waals surface area contributed by atoms with E-state index in [2.05, 4.69) is 47.4 Å². The van der Waals surface area contributed by atoms with Crippen molar-refractivity contribution in [2.75, 3.05) is 18.0 Å². The molecule has 0 bridgehead atoms. The molecule has 0 unspecified atom stereocenters. The molecule has 23 heavy (non-hydrogen) atoms. The normalized spacial score (nSPS) is 25.6. The fraction of sp³-hybridized carbons (Fsp3) is 0.421. The molecule has 4 nitrogen and oxygen atoms in total. The van der Waals surface area contributed by atoms with Crippen LogP contribution in [0.2, 0.25) is 0 Å². The molecule has 120 valence electrons. The molecule has 0 amide bonds. The Morgan fingerprint density at radius 2 is 1.70 bits per heavy atom. The summed E-state index contributed by atoms with van der Waals surface area (Å²) in [6.45, 7) is 5.65. The molecule has 2 fully saturated rings. The van der Waals surface area contributed by atoms with Gasteiger partial charge in [-0.1, -0.05) is 36.4 Å². The third-order valence-electron chi connectivity index (χ3n) is 4.43. The number of pyridine rings is 1. The molecular formula is C19H22N2O2. The molecule has 2 aromatic rings. The molecule has 2 atom stereocenters. The first-order chi connectivity index (χ1) is 11.1. The van der Waals surface area contributed by atoms with Gasteiger partial charge in [-0.15, -0.1) is 0 Å². The third kappa shape index (κ3) is 3.09. The van der Waals surface area contributed by atoms with Gasteiger partial charge in [0, 0.05) is 25.2 Å². The SMILES string of the molecule is CC1(C)O[C@H]2CN(c3cccc(Cc4ccccc4)n3)C[C@H]2O1. The molecule has 0 spiro atoms. The van der Waals surface area contributed by atoms with Crippen molar-refractivity contribution in [3.8, 4) is 0 Å². The molecular weight excluding hydrogens is 288 g/mol. The van der Waals surface area contributed by atoms with Crippen LogP contribution < -0.4 is 4.90 Å². The number of benzene rings is 1. The van der Waals surface area contributed by atoms with Crippen LogP contribution in [0.1, 0.15) is 25.1 Å². The standard InChI is InChI=1S/C19H22N2O2/c1-19(2)22-16-12-21(13-17(16)23-19)18-10-6-9-15(20-18)11-14-7-4-3-5-8-14/h3-10,16-17H,11-13H2,1-2H3/t16-,17+. The van der Waals surface area contributed by atoms with Gasteiger partial charge in [0.1, 0.15) is 18.0 Å². The zero-order valence-corrected chi connectivity index (χ0v) is 13.6. The minimum atomic E-state index is -0.454. The second-order valence-electron chi connectivity index (χ2n) is 6.77. The lowest BCUT2D eigenvalue weighted by atomic mass is 10.1. The Morgan fingerprint density at radius 1 is 1.00 bits per heavy atom. The van der Waals surface area contributed by atoms with Crippen molar-refractivity contribution >= 4 is 5.82 Å². The van der Waals surface area contributed by atoms with Crippen molar-refractivity contribution in [2.45, 2.75) is 38.3 Å². The minimum Gasteiger partial charge on any atom is -0.351 e. The van der Waals surface area contributed by atoms with Gasteiger partial charge in [-0.05, 0) is 31.5 Å². The number of fused-ring (bicyclic) bond motifs is 1. The molecule has 4 heteroatoms. The number of anilines is 1. The topological polar surface area (TPSA) is 34.6 Å². The summed E-state index contributed by atoms with van der Waals surface area (Å²) in [6, 6.07) is 16.7. The summed E-state index contributed by atoms with van der Waals surface area (Å²) < 4.78 is 11.9. The number of rotatable bonds is 3. The van der Waals surface area contributed by atoms with E-state index in [0.29, 0.717) is 0 Å². The predicted octanol–water partition coefficient (Wildman–Crippen LogP) is 3.01.